The van der Waals surface area contributed by atoms with Crippen LogP contribution in [0.15, 0.2) is 0 Å². The minimum atomic E-state index is -4.21. The van der Waals surface area contributed by atoms with E-state index in [1.165, 1.54) is 7.05 Å². The Morgan fingerprint density at radius 2 is 2.25 bits per heavy atom. The molecule has 16 heavy (non-hydrogen) atoms. The van der Waals surface area contributed by atoms with E-state index >= 15 is 0 Å². The van der Waals surface area contributed by atoms with Crippen molar-refractivity contribution in [2.75, 3.05) is 31.6 Å². The number of thioether (sulfide) groups is 1. The Morgan fingerprint density at radius 1 is 1.56 bits per heavy atom. The highest BCUT2D eigenvalue weighted by Gasteiger charge is 2.30. The Bertz CT molecular complexity index is 241. The average Bonchev–Trinajstić information content (AvgIpc) is 2.25. The Kier molecular flexibility index (Phi) is 4.91. The quantitative estimate of drug-likeness (QED) is 0.820. The number of carbonyl (C=O) groups is 1. The summed E-state index contributed by atoms with van der Waals surface area (Å²) in [6.07, 6.45) is -5.15. The predicted molar refractivity (Wildman–Crippen MR) is 57.4 cm³/mol. The van der Waals surface area contributed by atoms with Crippen LogP contribution in [0.5, 0.6) is 0 Å². The molecule has 0 aromatic heterocycles. The first kappa shape index (κ1) is 13.6. The van der Waals surface area contributed by atoms with E-state index in [0.717, 1.165) is 17.2 Å². The van der Waals surface area contributed by atoms with E-state index in [9.17, 15) is 18.0 Å². The molecule has 1 aliphatic heterocycles. The van der Waals surface area contributed by atoms with Crippen LogP contribution in [0.4, 0.5) is 13.2 Å². The summed E-state index contributed by atoms with van der Waals surface area (Å²) in [6.45, 7) is 0.458. The Hall–Kier alpha value is -0.430. The zero-order chi connectivity index (χ0) is 12.2. The van der Waals surface area contributed by atoms with E-state index in [2.05, 4.69) is 5.32 Å². The summed E-state index contributed by atoms with van der Waals surface area (Å²) < 4.78 is 35.9. The van der Waals surface area contributed by atoms with Crippen molar-refractivity contribution in [2.45, 2.75) is 18.6 Å². The molecule has 1 amide bonds. The standard InChI is InChI=1S/C9H15F3N2OS/c1-14(4-2-9(10,11)12)8(15)7-6-16-5-3-13-7/h7,13H,2-6H2,1H3. The first-order valence-corrected chi connectivity index (χ1v) is 6.18. The van der Waals surface area contributed by atoms with Crippen LogP contribution >= 0.6 is 11.8 Å². The second-order valence-corrected chi connectivity index (χ2v) is 4.86. The number of likely N-dealkylation sites (N-methyl/N-ethyl adjacent to an activating group) is 1. The number of alkyl halides is 3. The lowest BCUT2D eigenvalue weighted by Gasteiger charge is -2.27. The molecule has 3 nitrogen and oxygen atoms in total. The van der Waals surface area contributed by atoms with Gasteiger partial charge in [-0.3, -0.25) is 4.79 Å². The van der Waals surface area contributed by atoms with Crippen molar-refractivity contribution in [3.8, 4) is 0 Å². The van der Waals surface area contributed by atoms with Gasteiger partial charge < -0.3 is 10.2 Å². The summed E-state index contributed by atoms with van der Waals surface area (Å²) in [6, 6.07) is -0.336. The van der Waals surface area contributed by atoms with Crippen LogP contribution < -0.4 is 5.32 Å². The number of hydrogen-bond acceptors (Lipinski definition) is 3. The average molecular weight is 256 g/mol. The van der Waals surface area contributed by atoms with Crippen LogP contribution in [0, 0.1) is 0 Å². The molecule has 7 heteroatoms. The van der Waals surface area contributed by atoms with E-state index in [1.807, 2.05) is 0 Å². The zero-order valence-electron chi connectivity index (χ0n) is 9.01. The van der Waals surface area contributed by atoms with Crippen LogP contribution in [0.25, 0.3) is 0 Å². The number of amides is 1. The zero-order valence-corrected chi connectivity index (χ0v) is 9.83. The van der Waals surface area contributed by atoms with Gasteiger partial charge in [-0.15, -0.1) is 0 Å². The molecule has 1 aliphatic rings. The highest BCUT2D eigenvalue weighted by Crippen LogP contribution is 2.19. The van der Waals surface area contributed by atoms with Crippen molar-refractivity contribution in [3.63, 3.8) is 0 Å². The van der Waals surface area contributed by atoms with Crippen LogP contribution in [-0.2, 0) is 4.79 Å². The van der Waals surface area contributed by atoms with Crippen molar-refractivity contribution >= 4 is 17.7 Å². The maximum atomic E-state index is 12.0. The molecule has 0 saturated carbocycles. The van der Waals surface area contributed by atoms with E-state index < -0.39 is 12.6 Å². The molecule has 1 N–H and O–H groups in total. The number of halogens is 3. The van der Waals surface area contributed by atoms with Crippen LogP contribution in [0.3, 0.4) is 0 Å². The molecule has 0 aromatic rings. The van der Waals surface area contributed by atoms with Crippen molar-refractivity contribution < 1.29 is 18.0 Å². The largest absolute Gasteiger partial charge is 0.390 e. The van der Waals surface area contributed by atoms with Gasteiger partial charge in [0.1, 0.15) is 0 Å². The molecule has 0 spiro atoms. The van der Waals surface area contributed by atoms with Gasteiger partial charge in [0, 0.05) is 31.6 Å². The second-order valence-electron chi connectivity index (χ2n) is 3.71. The van der Waals surface area contributed by atoms with Crippen molar-refractivity contribution in [1.82, 2.24) is 10.2 Å². The summed E-state index contributed by atoms with van der Waals surface area (Å²) in [4.78, 5) is 12.8. The lowest BCUT2D eigenvalue weighted by molar-refractivity contribution is -0.144. The molecule has 1 heterocycles. The van der Waals surface area contributed by atoms with E-state index in [-0.39, 0.29) is 18.5 Å². The minimum absolute atomic E-state index is 0.253. The molecule has 0 aliphatic carbocycles. The molecule has 1 saturated heterocycles. The first-order chi connectivity index (χ1) is 7.40. The molecule has 0 bridgehead atoms. The normalized spacial score (nSPS) is 21.9. The molecule has 1 fully saturated rings. The fourth-order valence-corrected chi connectivity index (χ4v) is 2.32. The van der Waals surface area contributed by atoms with Gasteiger partial charge >= 0.3 is 6.18 Å². The summed E-state index contributed by atoms with van der Waals surface area (Å²) >= 11 is 1.64. The van der Waals surface area contributed by atoms with Crippen molar-refractivity contribution in [3.05, 3.63) is 0 Å². The van der Waals surface area contributed by atoms with Gasteiger partial charge in [-0.2, -0.15) is 24.9 Å². The van der Waals surface area contributed by atoms with Crippen molar-refractivity contribution in [2.24, 2.45) is 0 Å². The van der Waals surface area contributed by atoms with Gasteiger partial charge in [0.2, 0.25) is 5.91 Å². The summed E-state index contributed by atoms with van der Waals surface area (Å²) in [5, 5.41) is 3.00. The smallest absolute Gasteiger partial charge is 0.344 e. The van der Waals surface area contributed by atoms with Crippen molar-refractivity contribution in [1.29, 1.82) is 0 Å². The van der Waals surface area contributed by atoms with E-state index in [4.69, 9.17) is 0 Å². The molecular weight excluding hydrogens is 241 g/mol. The van der Waals surface area contributed by atoms with E-state index in [1.54, 1.807) is 11.8 Å². The molecule has 0 aromatic carbocycles. The SMILES string of the molecule is CN(CCC(F)(F)F)C(=O)C1CSCCN1. The summed E-state index contributed by atoms with van der Waals surface area (Å²) in [5.74, 6) is 1.32. The number of nitrogens with one attached hydrogen (secondary N) is 1. The third kappa shape index (κ3) is 4.61. The lowest BCUT2D eigenvalue weighted by Crippen LogP contribution is -2.49. The highest BCUT2D eigenvalue weighted by molar-refractivity contribution is 7.99. The number of hydrogen-bond donors (Lipinski definition) is 1. The molecule has 1 unspecified atom stereocenters. The van der Waals surface area contributed by atoms with Crippen LogP contribution in [-0.4, -0.2) is 54.7 Å². The first-order valence-electron chi connectivity index (χ1n) is 5.03. The van der Waals surface area contributed by atoms with Crippen LogP contribution in [0.1, 0.15) is 6.42 Å². The number of nitrogens with zero attached hydrogens (tertiary/aromatic N) is 1. The van der Waals surface area contributed by atoms with Gasteiger partial charge in [0.05, 0.1) is 12.5 Å². The molecule has 0 radical (unpaired) electrons. The minimum Gasteiger partial charge on any atom is -0.344 e. The highest BCUT2D eigenvalue weighted by atomic mass is 32.2. The second kappa shape index (κ2) is 5.77. The topological polar surface area (TPSA) is 32.3 Å². The third-order valence-electron chi connectivity index (χ3n) is 2.33. The Balaban J connectivity index is 2.34. The Morgan fingerprint density at radius 3 is 2.75 bits per heavy atom. The maximum Gasteiger partial charge on any atom is 0.390 e. The maximum absolute atomic E-state index is 12.0. The Labute approximate surface area is 96.7 Å². The predicted octanol–water partition coefficient (Wildman–Crippen LogP) is 1.10. The molecule has 1 atom stereocenters. The number of rotatable bonds is 3. The molecule has 94 valence electrons. The third-order valence-corrected chi connectivity index (χ3v) is 3.39. The van der Waals surface area contributed by atoms with Gasteiger partial charge in [0.15, 0.2) is 0 Å². The fraction of sp³-hybridized carbons (Fsp3) is 0.889. The fourth-order valence-electron chi connectivity index (χ4n) is 1.39. The van der Waals surface area contributed by atoms with Gasteiger partial charge in [-0.1, -0.05) is 0 Å². The summed E-state index contributed by atoms with van der Waals surface area (Å²) in [7, 11) is 1.41. The molecular formula is C9H15F3N2OS. The van der Waals surface area contributed by atoms with Crippen LogP contribution in [0.2, 0.25) is 0 Å². The van der Waals surface area contributed by atoms with Gasteiger partial charge in [0.25, 0.3) is 0 Å². The summed E-state index contributed by atoms with van der Waals surface area (Å²) in [5.41, 5.74) is 0. The number of carbonyl (C=O) groups excluding carboxylic acids is 1. The van der Waals surface area contributed by atoms with E-state index in [0.29, 0.717) is 5.75 Å². The van der Waals surface area contributed by atoms with Gasteiger partial charge in [-0.05, 0) is 0 Å². The van der Waals surface area contributed by atoms with Gasteiger partial charge in [-0.25, -0.2) is 0 Å². The lowest BCUT2D eigenvalue weighted by atomic mass is 10.2. The molecule has 1 rings (SSSR count). The monoisotopic (exact) mass is 256 g/mol.